The van der Waals surface area contributed by atoms with Crippen LogP contribution in [-0.4, -0.2) is 55.6 Å². The summed E-state index contributed by atoms with van der Waals surface area (Å²) in [5.41, 5.74) is 3.76. The number of hydrogen-bond donors (Lipinski definition) is 1. The summed E-state index contributed by atoms with van der Waals surface area (Å²) >= 11 is 0. The van der Waals surface area contributed by atoms with E-state index in [4.69, 9.17) is 14.2 Å². The van der Waals surface area contributed by atoms with Crippen molar-refractivity contribution in [3.63, 3.8) is 0 Å². The summed E-state index contributed by atoms with van der Waals surface area (Å²) in [7, 11) is 4.17. The zero-order valence-corrected chi connectivity index (χ0v) is 21.1. The Hall–Kier alpha value is -2.08. The van der Waals surface area contributed by atoms with Crippen LogP contribution in [0, 0.1) is 16.7 Å². The first-order valence-corrected chi connectivity index (χ1v) is 13.3. The largest absolute Gasteiger partial charge is 0.504 e. The maximum absolute atomic E-state index is 10.9. The number of ether oxygens (including phenoxy) is 3. The smallest absolute Gasteiger partial charge is 0.165 e. The van der Waals surface area contributed by atoms with Gasteiger partial charge in [0.1, 0.15) is 12.2 Å². The molecule has 4 bridgehead atoms. The number of likely N-dealkylation sites (tertiary alicyclic amines) is 1. The Balaban J connectivity index is 1.37. The number of rotatable bonds is 5. The number of phenolic OH excluding ortho intramolecular Hbond substituents is 1. The maximum Gasteiger partial charge on any atom is 0.165 e. The van der Waals surface area contributed by atoms with E-state index in [0.29, 0.717) is 25.2 Å². The van der Waals surface area contributed by atoms with Crippen LogP contribution < -0.4 is 4.74 Å². The second kappa shape index (κ2) is 7.47. The van der Waals surface area contributed by atoms with Crippen LogP contribution in [0.15, 0.2) is 42.5 Å². The average molecular weight is 476 g/mol. The zero-order valence-electron chi connectivity index (χ0n) is 21.1. The Kier molecular flexibility index (Phi) is 4.73. The van der Waals surface area contributed by atoms with Crippen LogP contribution in [0.4, 0.5) is 0 Å². The standard InChI is InChI=1S/C30H37NO4/c1-19-11-12-29-17-28(19,18-34-16-20-7-5-4-6-8-20)26(33-3)27-30(29)13-14-31(2)23(29)15-21-9-10-22(32)25(35-27)24(21)30/h4-10,19,23,26-27,32H,11-18H2,1-3H3/t19-,23-,26?,27+,28+,29-,30+/m1/s1. The van der Waals surface area contributed by atoms with Gasteiger partial charge in [-0.05, 0) is 68.8 Å². The monoisotopic (exact) mass is 475 g/mol. The zero-order chi connectivity index (χ0) is 24.0. The van der Waals surface area contributed by atoms with Gasteiger partial charge in [-0.25, -0.2) is 0 Å². The van der Waals surface area contributed by atoms with Gasteiger partial charge in [0, 0.05) is 35.0 Å². The molecule has 0 amide bonds. The van der Waals surface area contributed by atoms with Gasteiger partial charge >= 0.3 is 0 Å². The fourth-order valence-electron chi connectivity index (χ4n) is 9.44. The van der Waals surface area contributed by atoms with Gasteiger partial charge in [-0.3, -0.25) is 0 Å². The molecule has 7 rings (SSSR count). The van der Waals surface area contributed by atoms with E-state index in [1.165, 1.54) is 29.5 Å². The minimum absolute atomic E-state index is 0.0801. The highest BCUT2D eigenvalue weighted by molar-refractivity contribution is 5.62. The van der Waals surface area contributed by atoms with Crippen molar-refractivity contribution >= 4 is 0 Å². The summed E-state index contributed by atoms with van der Waals surface area (Å²) in [6, 6.07) is 14.9. The summed E-state index contributed by atoms with van der Waals surface area (Å²) in [4.78, 5) is 2.62. The van der Waals surface area contributed by atoms with Gasteiger partial charge < -0.3 is 24.2 Å². The van der Waals surface area contributed by atoms with Gasteiger partial charge in [0.15, 0.2) is 11.5 Å². The molecule has 35 heavy (non-hydrogen) atoms. The van der Waals surface area contributed by atoms with E-state index in [0.717, 1.165) is 31.6 Å². The molecule has 2 aliphatic heterocycles. The molecule has 1 N–H and O–H groups in total. The van der Waals surface area contributed by atoms with Gasteiger partial charge in [0.25, 0.3) is 0 Å². The second-order valence-electron chi connectivity index (χ2n) is 12.0. The summed E-state index contributed by atoms with van der Waals surface area (Å²) in [6.45, 7) is 4.75. The van der Waals surface area contributed by atoms with E-state index in [-0.39, 0.29) is 34.2 Å². The Morgan fingerprint density at radius 2 is 1.97 bits per heavy atom. The number of benzene rings is 2. The van der Waals surface area contributed by atoms with E-state index in [9.17, 15) is 5.11 Å². The van der Waals surface area contributed by atoms with Crippen molar-refractivity contribution in [3.8, 4) is 11.5 Å². The molecule has 3 fully saturated rings. The maximum atomic E-state index is 10.9. The lowest BCUT2D eigenvalue weighted by Crippen LogP contribution is -2.78. The fraction of sp³-hybridized carbons (Fsp3) is 0.600. The van der Waals surface area contributed by atoms with Gasteiger partial charge in [0.05, 0.1) is 13.2 Å². The van der Waals surface area contributed by atoms with Crippen LogP contribution in [-0.2, 0) is 27.9 Å². The summed E-state index contributed by atoms with van der Waals surface area (Å²) < 4.78 is 19.9. The Morgan fingerprint density at radius 1 is 1.14 bits per heavy atom. The first-order valence-electron chi connectivity index (χ1n) is 13.3. The molecule has 7 atom stereocenters. The number of methoxy groups -OCH3 is 1. The van der Waals surface area contributed by atoms with E-state index < -0.39 is 0 Å². The normalized spacial score (nSPS) is 40.8. The predicted molar refractivity (Wildman–Crippen MR) is 134 cm³/mol. The summed E-state index contributed by atoms with van der Waals surface area (Å²) in [6.07, 6.45) is 5.39. The van der Waals surface area contributed by atoms with Crippen LogP contribution in [0.2, 0.25) is 0 Å². The number of fused-ring (bicyclic) bond motifs is 1. The van der Waals surface area contributed by atoms with Crippen molar-refractivity contribution in [1.29, 1.82) is 0 Å². The van der Waals surface area contributed by atoms with E-state index >= 15 is 0 Å². The molecular weight excluding hydrogens is 438 g/mol. The van der Waals surface area contributed by atoms with Gasteiger partial charge in [-0.15, -0.1) is 0 Å². The molecule has 2 aromatic carbocycles. The molecule has 5 aliphatic rings. The summed E-state index contributed by atoms with van der Waals surface area (Å²) in [5.74, 6) is 1.49. The van der Waals surface area contributed by atoms with Crippen molar-refractivity contribution in [1.82, 2.24) is 4.90 Å². The first-order chi connectivity index (χ1) is 17.0. The van der Waals surface area contributed by atoms with Crippen LogP contribution in [0.25, 0.3) is 0 Å². The average Bonchev–Trinajstić information content (AvgIpc) is 3.21. The minimum Gasteiger partial charge on any atom is -0.504 e. The molecule has 5 nitrogen and oxygen atoms in total. The molecule has 3 aliphatic carbocycles. The number of nitrogens with zero attached hydrogens (tertiary/aromatic N) is 1. The molecule has 2 heterocycles. The Bertz CT molecular complexity index is 1150. The van der Waals surface area contributed by atoms with Crippen molar-refractivity contribution in [2.24, 2.45) is 16.7 Å². The third kappa shape index (κ3) is 2.60. The van der Waals surface area contributed by atoms with Crippen molar-refractivity contribution in [2.45, 2.75) is 69.3 Å². The molecule has 186 valence electrons. The molecule has 2 aromatic rings. The second-order valence-corrected chi connectivity index (χ2v) is 12.0. The highest BCUT2D eigenvalue weighted by Gasteiger charge is 2.78. The molecule has 1 saturated heterocycles. The van der Waals surface area contributed by atoms with Crippen LogP contribution in [0.5, 0.6) is 11.5 Å². The van der Waals surface area contributed by atoms with Crippen LogP contribution in [0.1, 0.15) is 49.3 Å². The lowest BCUT2D eigenvalue weighted by molar-refractivity contribution is -0.264. The third-order valence-electron chi connectivity index (χ3n) is 11.0. The topological polar surface area (TPSA) is 51.2 Å². The SMILES string of the molecule is COC1[C@@H]2Oc3c(O)ccc4c3[C@@]23CCN(C)[C@H](C4)[C@]32CC[C@@H](C)[C@@]1(COCc1ccccc1)C2. The lowest BCUT2D eigenvalue weighted by atomic mass is 9.35. The van der Waals surface area contributed by atoms with Crippen LogP contribution in [0.3, 0.4) is 0 Å². The Labute approximate surface area is 208 Å². The van der Waals surface area contributed by atoms with Crippen molar-refractivity contribution in [3.05, 3.63) is 59.2 Å². The predicted octanol–water partition coefficient (Wildman–Crippen LogP) is 4.69. The summed E-state index contributed by atoms with van der Waals surface area (Å²) in [5, 5.41) is 10.9. The molecule has 2 spiro atoms. The van der Waals surface area contributed by atoms with E-state index in [2.05, 4.69) is 49.2 Å². The number of likely N-dealkylation sites (N-methyl/N-ethyl adjacent to an activating group) is 1. The third-order valence-corrected chi connectivity index (χ3v) is 11.0. The fourth-order valence-corrected chi connectivity index (χ4v) is 9.44. The molecular formula is C30H37NO4. The van der Waals surface area contributed by atoms with Crippen molar-refractivity contribution in [2.75, 3.05) is 27.3 Å². The minimum atomic E-state index is -0.123. The highest BCUT2D eigenvalue weighted by atomic mass is 16.5. The Morgan fingerprint density at radius 3 is 2.77 bits per heavy atom. The number of hydrogen-bond acceptors (Lipinski definition) is 5. The van der Waals surface area contributed by atoms with E-state index in [1.54, 1.807) is 0 Å². The van der Waals surface area contributed by atoms with Crippen LogP contribution >= 0.6 is 0 Å². The number of piperidine rings is 1. The van der Waals surface area contributed by atoms with Crippen molar-refractivity contribution < 1.29 is 19.3 Å². The quantitative estimate of drug-likeness (QED) is 0.680. The van der Waals surface area contributed by atoms with E-state index in [1.807, 2.05) is 19.2 Å². The van der Waals surface area contributed by atoms with Gasteiger partial charge in [-0.2, -0.15) is 0 Å². The first kappa shape index (κ1) is 22.1. The number of phenols is 1. The molecule has 0 radical (unpaired) electrons. The molecule has 5 heteroatoms. The van der Waals surface area contributed by atoms with Gasteiger partial charge in [-0.1, -0.05) is 43.3 Å². The number of aromatic hydroxyl groups is 1. The highest BCUT2D eigenvalue weighted by Crippen LogP contribution is 2.75. The van der Waals surface area contributed by atoms with Gasteiger partial charge in [0.2, 0.25) is 0 Å². The molecule has 0 aromatic heterocycles. The lowest BCUT2D eigenvalue weighted by Gasteiger charge is -2.73. The molecule has 2 saturated carbocycles. The molecule has 1 unspecified atom stereocenters.